The normalized spacial score (nSPS) is 13.4. The van der Waals surface area contributed by atoms with Gasteiger partial charge in [-0.1, -0.05) is 11.6 Å². The summed E-state index contributed by atoms with van der Waals surface area (Å²) in [4.78, 5) is 32.1. The van der Waals surface area contributed by atoms with E-state index in [1.165, 1.54) is 32.6 Å². The number of carbonyl (C=O) groups is 2. The number of ether oxygens (including phenoxy) is 3. The molecule has 2 aromatic heterocycles. The zero-order valence-electron chi connectivity index (χ0n) is 23.0. The van der Waals surface area contributed by atoms with Crippen LogP contribution in [0, 0.1) is 11.6 Å². The van der Waals surface area contributed by atoms with Gasteiger partial charge in [0.2, 0.25) is 11.7 Å². The number of nitrogens with zero attached hydrogens (tertiary/aromatic N) is 2. The second-order valence-corrected chi connectivity index (χ2v) is 9.51. The molecule has 1 saturated heterocycles. The van der Waals surface area contributed by atoms with E-state index in [1.807, 2.05) is 6.07 Å². The largest absolute Gasteiger partial charge is 0.494 e. The van der Waals surface area contributed by atoms with Crippen LogP contribution in [-0.4, -0.2) is 57.2 Å². The summed E-state index contributed by atoms with van der Waals surface area (Å²) >= 11 is 5.58. The van der Waals surface area contributed by atoms with Crippen molar-refractivity contribution in [2.45, 2.75) is 0 Å². The molecule has 1 fully saturated rings. The van der Waals surface area contributed by atoms with Gasteiger partial charge in [-0.25, -0.2) is 13.8 Å². The van der Waals surface area contributed by atoms with Gasteiger partial charge in [-0.2, -0.15) is 0 Å². The summed E-state index contributed by atoms with van der Waals surface area (Å²) in [5.41, 5.74) is 8.15. The number of fused-ring (bicyclic) bond motifs is 1. The standard InChI is InChI=1S/C29H26ClF2N5O6/c1-40-19-13-20(41-2)26(32)24(25(19)31)28(39)29-27(33)16-12-22(34-14-21(16)43-29)35-17-4-3-15(37-7-9-42-10-8-37)11-18(17)36-23(38)5-6-30/h3-6,11-14H,7-10,33H2,1-2H3,(H,34,35)(H,36,38)/b6-5-. The minimum atomic E-state index is -1.23. The van der Waals surface area contributed by atoms with Crippen LogP contribution in [0.25, 0.3) is 11.0 Å². The number of aromatic nitrogens is 1. The lowest BCUT2D eigenvalue weighted by molar-refractivity contribution is -0.111. The number of halogens is 3. The quantitative estimate of drug-likeness (QED) is 0.170. The first kappa shape index (κ1) is 29.6. The van der Waals surface area contributed by atoms with E-state index in [2.05, 4.69) is 20.5 Å². The van der Waals surface area contributed by atoms with Crippen LogP contribution >= 0.6 is 11.6 Å². The fourth-order valence-corrected chi connectivity index (χ4v) is 4.70. The predicted molar refractivity (Wildman–Crippen MR) is 158 cm³/mol. The van der Waals surface area contributed by atoms with Crippen LogP contribution in [0.4, 0.5) is 37.3 Å². The molecule has 11 nitrogen and oxygen atoms in total. The van der Waals surface area contributed by atoms with Crippen molar-refractivity contribution < 1.29 is 37.0 Å². The molecule has 5 rings (SSSR count). The number of anilines is 5. The Kier molecular flexibility index (Phi) is 8.64. The highest BCUT2D eigenvalue weighted by atomic mass is 35.5. The molecule has 0 radical (unpaired) electrons. The number of hydrogen-bond donors (Lipinski definition) is 3. The molecule has 0 bridgehead atoms. The van der Waals surface area contributed by atoms with Gasteiger partial charge in [-0.05, 0) is 24.3 Å². The molecule has 4 N–H and O–H groups in total. The summed E-state index contributed by atoms with van der Waals surface area (Å²) in [7, 11) is 2.34. The molecular weight excluding hydrogens is 588 g/mol. The number of morpholine rings is 1. The Labute approximate surface area is 249 Å². The predicted octanol–water partition coefficient (Wildman–Crippen LogP) is 5.21. The van der Waals surface area contributed by atoms with E-state index in [0.29, 0.717) is 37.7 Å². The minimum Gasteiger partial charge on any atom is -0.494 e. The van der Waals surface area contributed by atoms with Crippen molar-refractivity contribution in [2.75, 3.05) is 61.8 Å². The molecule has 14 heteroatoms. The van der Waals surface area contributed by atoms with Gasteiger partial charge in [-0.15, -0.1) is 0 Å². The van der Waals surface area contributed by atoms with E-state index in [9.17, 15) is 9.59 Å². The smallest absolute Gasteiger partial charge is 0.249 e. The number of pyridine rings is 1. The zero-order chi connectivity index (χ0) is 30.7. The summed E-state index contributed by atoms with van der Waals surface area (Å²) in [6, 6.07) is 7.95. The molecule has 0 aliphatic carbocycles. The number of furan rings is 1. The van der Waals surface area contributed by atoms with Gasteiger partial charge in [0.25, 0.3) is 0 Å². The summed E-state index contributed by atoms with van der Waals surface area (Å²) < 4.78 is 50.9. The maximum Gasteiger partial charge on any atom is 0.249 e. The lowest BCUT2D eigenvalue weighted by atomic mass is 10.0. The van der Waals surface area contributed by atoms with Crippen LogP contribution in [0.2, 0.25) is 0 Å². The number of nitrogens with two attached hydrogens (primary N) is 1. The third kappa shape index (κ3) is 5.90. The number of ketones is 1. The van der Waals surface area contributed by atoms with Crippen molar-refractivity contribution in [3.63, 3.8) is 0 Å². The van der Waals surface area contributed by atoms with Crippen molar-refractivity contribution in [1.29, 1.82) is 0 Å². The first-order valence-corrected chi connectivity index (χ1v) is 13.3. The molecule has 1 amide bonds. The molecule has 0 spiro atoms. The van der Waals surface area contributed by atoms with E-state index in [4.69, 9.17) is 36.0 Å². The molecule has 2 aromatic carbocycles. The Bertz CT molecular complexity index is 1710. The highest BCUT2D eigenvalue weighted by molar-refractivity contribution is 6.27. The van der Waals surface area contributed by atoms with Crippen molar-refractivity contribution in [3.05, 3.63) is 71.1 Å². The number of nitrogen functional groups attached to an aromatic ring is 1. The topological polar surface area (TPSA) is 141 Å². The molecule has 0 unspecified atom stereocenters. The van der Waals surface area contributed by atoms with Crippen LogP contribution in [0.1, 0.15) is 16.1 Å². The zero-order valence-corrected chi connectivity index (χ0v) is 23.8. The SMILES string of the molecule is COc1cc(OC)c(F)c(C(=O)c2oc3cnc(Nc4ccc(N5CCOCC5)cc4NC(=O)/C=C\Cl)cc3c2N)c1F. The first-order valence-electron chi connectivity index (χ1n) is 12.9. The Morgan fingerprint density at radius 3 is 2.42 bits per heavy atom. The second kappa shape index (κ2) is 12.5. The summed E-state index contributed by atoms with van der Waals surface area (Å²) in [6.07, 6.45) is 2.48. The van der Waals surface area contributed by atoms with Gasteiger partial charge in [0.1, 0.15) is 11.4 Å². The van der Waals surface area contributed by atoms with Crippen LogP contribution in [0.15, 0.2) is 52.6 Å². The van der Waals surface area contributed by atoms with E-state index >= 15 is 8.78 Å². The van der Waals surface area contributed by atoms with Gasteiger partial charge in [0.05, 0.1) is 50.7 Å². The van der Waals surface area contributed by atoms with Crippen molar-refractivity contribution in [2.24, 2.45) is 0 Å². The van der Waals surface area contributed by atoms with Gasteiger partial charge in [0, 0.05) is 41.8 Å². The molecule has 224 valence electrons. The molecule has 3 heterocycles. The van der Waals surface area contributed by atoms with Crippen LogP contribution in [0.5, 0.6) is 11.5 Å². The van der Waals surface area contributed by atoms with Crippen LogP contribution < -0.4 is 30.7 Å². The summed E-state index contributed by atoms with van der Waals surface area (Å²) in [6.45, 7) is 2.55. The third-order valence-electron chi connectivity index (χ3n) is 6.74. The summed E-state index contributed by atoms with van der Waals surface area (Å²) in [5.74, 6) is -5.06. The van der Waals surface area contributed by atoms with Gasteiger partial charge in [-0.3, -0.25) is 9.59 Å². The first-order chi connectivity index (χ1) is 20.7. The Balaban J connectivity index is 1.49. The van der Waals surface area contributed by atoms with Crippen molar-refractivity contribution in [3.8, 4) is 11.5 Å². The number of amides is 1. The number of hydrogen-bond acceptors (Lipinski definition) is 10. The van der Waals surface area contributed by atoms with Crippen molar-refractivity contribution in [1.82, 2.24) is 4.98 Å². The Morgan fingerprint density at radius 2 is 1.77 bits per heavy atom. The molecule has 4 aromatic rings. The van der Waals surface area contributed by atoms with Gasteiger partial charge >= 0.3 is 0 Å². The lowest BCUT2D eigenvalue weighted by Gasteiger charge is -2.29. The molecule has 1 aliphatic rings. The number of methoxy groups -OCH3 is 2. The second-order valence-electron chi connectivity index (χ2n) is 9.26. The number of carbonyl (C=O) groups excluding carboxylic acids is 2. The molecule has 1 aliphatic heterocycles. The van der Waals surface area contributed by atoms with Crippen LogP contribution in [0.3, 0.4) is 0 Å². The van der Waals surface area contributed by atoms with Gasteiger partial charge in [0.15, 0.2) is 34.5 Å². The van der Waals surface area contributed by atoms with Gasteiger partial charge < -0.3 is 39.9 Å². The highest BCUT2D eigenvalue weighted by Gasteiger charge is 2.30. The van der Waals surface area contributed by atoms with E-state index in [1.54, 1.807) is 12.1 Å². The number of nitrogens with one attached hydrogen (secondary N) is 2. The van der Waals surface area contributed by atoms with E-state index in [0.717, 1.165) is 17.3 Å². The molecule has 0 saturated carbocycles. The van der Waals surface area contributed by atoms with Crippen molar-refractivity contribution >= 4 is 62.8 Å². The fourth-order valence-electron chi connectivity index (χ4n) is 4.59. The maximum atomic E-state index is 15.0. The van der Waals surface area contributed by atoms with E-state index in [-0.39, 0.29) is 22.5 Å². The number of benzene rings is 2. The lowest BCUT2D eigenvalue weighted by Crippen LogP contribution is -2.36. The Morgan fingerprint density at radius 1 is 1.07 bits per heavy atom. The van der Waals surface area contributed by atoms with Crippen LogP contribution in [-0.2, 0) is 9.53 Å². The molecule has 0 atom stereocenters. The summed E-state index contributed by atoms with van der Waals surface area (Å²) in [5, 5.41) is 6.18. The highest BCUT2D eigenvalue weighted by Crippen LogP contribution is 2.37. The maximum absolute atomic E-state index is 15.0. The molecular formula is C29H26ClF2N5O6. The fraction of sp³-hybridized carbons (Fsp3) is 0.207. The number of rotatable bonds is 9. The molecule has 43 heavy (non-hydrogen) atoms. The Hall–Kier alpha value is -4.88. The average molecular weight is 614 g/mol. The average Bonchev–Trinajstić information content (AvgIpc) is 3.34. The third-order valence-corrected chi connectivity index (χ3v) is 6.86. The minimum absolute atomic E-state index is 0.102. The van der Waals surface area contributed by atoms with E-state index < -0.39 is 46.1 Å². The monoisotopic (exact) mass is 613 g/mol.